The van der Waals surface area contributed by atoms with Gasteiger partial charge in [0, 0.05) is 16.6 Å². The SMILES string of the molecule is CCCOc1ccc2[nH]c(C)c(C[NH+]3CCOCC3)c(=O)c2c1. The molecule has 0 atom stereocenters. The van der Waals surface area contributed by atoms with Gasteiger partial charge in [0.05, 0.1) is 25.4 Å². The molecule has 5 nitrogen and oxygen atoms in total. The van der Waals surface area contributed by atoms with Crippen LogP contribution in [-0.4, -0.2) is 37.9 Å². The zero-order valence-corrected chi connectivity index (χ0v) is 13.9. The molecule has 0 unspecified atom stereocenters. The Hall–Kier alpha value is -1.85. The van der Waals surface area contributed by atoms with Crippen LogP contribution in [0.15, 0.2) is 23.0 Å². The number of aryl methyl sites for hydroxylation is 1. The molecule has 0 aliphatic carbocycles. The third-order valence-corrected chi connectivity index (χ3v) is 4.38. The van der Waals surface area contributed by atoms with Gasteiger partial charge in [-0.15, -0.1) is 0 Å². The summed E-state index contributed by atoms with van der Waals surface area (Å²) in [6.45, 7) is 8.93. The number of ether oxygens (including phenoxy) is 2. The van der Waals surface area contributed by atoms with Crippen LogP contribution in [0.2, 0.25) is 0 Å². The Bertz CT molecular complexity index is 733. The van der Waals surface area contributed by atoms with E-state index in [4.69, 9.17) is 9.47 Å². The van der Waals surface area contributed by atoms with E-state index in [0.29, 0.717) is 12.0 Å². The maximum Gasteiger partial charge on any atom is 0.198 e. The Morgan fingerprint density at radius 1 is 1.30 bits per heavy atom. The van der Waals surface area contributed by atoms with Crippen molar-refractivity contribution in [2.75, 3.05) is 32.9 Å². The molecule has 1 fully saturated rings. The summed E-state index contributed by atoms with van der Waals surface area (Å²) in [6.07, 6.45) is 0.952. The average molecular weight is 317 g/mol. The molecule has 2 N–H and O–H groups in total. The van der Waals surface area contributed by atoms with Crippen molar-refractivity contribution in [3.05, 3.63) is 39.7 Å². The van der Waals surface area contributed by atoms with Gasteiger partial charge in [0.25, 0.3) is 0 Å². The van der Waals surface area contributed by atoms with Crippen LogP contribution in [-0.2, 0) is 11.3 Å². The Kier molecular flexibility index (Phi) is 4.98. The third kappa shape index (κ3) is 3.57. The van der Waals surface area contributed by atoms with E-state index in [1.54, 1.807) is 0 Å². The minimum Gasteiger partial charge on any atom is -0.494 e. The van der Waals surface area contributed by atoms with E-state index in [-0.39, 0.29) is 5.43 Å². The maximum atomic E-state index is 12.9. The average Bonchev–Trinajstić information content (AvgIpc) is 2.58. The highest BCUT2D eigenvalue weighted by Gasteiger charge is 2.19. The van der Waals surface area contributed by atoms with Crippen LogP contribution in [0.25, 0.3) is 10.9 Å². The second kappa shape index (κ2) is 7.15. The molecule has 1 saturated heterocycles. The van der Waals surface area contributed by atoms with Gasteiger partial charge in [-0.25, -0.2) is 0 Å². The van der Waals surface area contributed by atoms with E-state index in [1.807, 2.05) is 25.1 Å². The van der Waals surface area contributed by atoms with E-state index in [0.717, 1.165) is 61.8 Å². The van der Waals surface area contributed by atoms with E-state index in [1.165, 1.54) is 4.90 Å². The summed E-state index contributed by atoms with van der Waals surface area (Å²) in [6, 6.07) is 5.71. The zero-order valence-electron chi connectivity index (χ0n) is 13.9. The molecule has 1 aromatic carbocycles. The molecule has 2 aromatic rings. The van der Waals surface area contributed by atoms with Gasteiger partial charge in [-0.05, 0) is 31.5 Å². The summed E-state index contributed by atoms with van der Waals surface area (Å²) >= 11 is 0. The number of rotatable bonds is 5. The lowest BCUT2D eigenvalue weighted by Crippen LogP contribution is -3.13. The summed E-state index contributed by atoms with van der Waals surface area (Å²) < 4.78 is 11.1. The predicted molar refractivity (Wildman–Crippen MR) is 90.3 cm³/mol. The van der Waals surface area contributed by atoms with Crippen molar-refractivity contribution in [3.8, 4) is 5.75 Å². The monoisotopic (exact) mass is 317 g/mol. The van der Waals surface area contributed by atoms with Gasteiger partial charge in [0.2, 0.25) is 0 Å². The first kappa shape index (κ1) is 16.0. The quantitative estimate of drug-likeness (QED) is 0.866. The Balaban J connectivity index is 1.95. The highest BCUT2D eigenvalue weighted by atomic mass is 16.5. The third-order valence-electron chi connectivity index (χ3n) is 4.38. The molecule has 1 aliphatic rings. The van der Waals surface area contributed by atoms with Crippen molar-refractivity contribution in [3.63, 3.8) is 0 Å². The van der Waals surface area contributed by atoms with Crippen molar-refractivity contribution < 1.29 is 14.4 Å². The summed E-state index contributed by atoms with van der Waals surface area (Å²) in [5.74, 6) is 0.762. The number of H-pyrrole nitrogens is 1. The van der Waals surface area contributed by atoms with Crippen molar-refractivity contribution in [2.45, 2.75) is 26.8 Å². The molecule has 1 aliphatic heterocycles. The molecule has 0 amide bonds. The van der Waals surface area contributed by atoms with Crippen LogP contribution in [0, 0.1) is 6.92 Å². The number of hydrogen-bond donors (Lipinski definition) is 2. The van der Waals surface area contributed by atoms with Gasteiger partial charge in [0.15, 0.2) is 5.43 Å². The topological polar surface area (TPSA) is 55.8 Å². The summed E-state index contributed by atoms with van der Waals surface area (Å²) in [5, 5.41) is 0.715. The highest BCUT2D eigenvalue weighted by molar-refractivity contribution is 5.81. The second-order valence-electron chi connectivity index (χ2n) is 6.15. The molecule has 5 heteroatoms. The Labute approximate surface area is 136 Å². The lowest BCUT2D eigenvalue weighted by atomic mass is 10.1. The van der Waals surface area contributed by atoms with Crippen molar-refractivity contribution in [1.29, 1.82) is 0 Å². The molecule has 3 rings (SSSR count). The highest BCUT2D eigenvalue weighted by Crippen LogP contribution is 2.18. The lowest BCUT2D eigenvalue weighted by molar-refractivity contribution is -0.921. The smallest absolute Gasteiger partial charge is 0.198 e. The van der Waals surface area contributed by atoms with Crippen LogP contribution in [0.3, 0.4) is 0 Å². The summed E-state index contributed by atoms with van der Waals surface area (Å²) in [5.41, 5.74) is 2.83. The number of aromatic amines is 1. The van der Waals surface area contributed by atoms with Crippen LogP contribution >= 0.6 is 0 Å². The van der Waals surface area contributed by atoms with E-state index >= 15 is 0 Å². The second-order valence-corrected chi connectivity index (χ2v) is 6.15. The normalized spacial score (nSPS) is 15.9. The molecule has 124 valence electrons. The number of pyridine rings is 1. The number of aromatic nitrogens is 1. The fraction of sp³-hybridized carbons (Fsp3) is 0.500. The minimum atomic E-state index is 0.122. The van der Waals surface area contributed by atoms with Crippen molar-refractivity contribution >= 4 is 10.9 Å². The largest absolute Gasteiger partial charge is 0.494 e. The first-order valence-electron chi connectivity index (χ1n) is 8.38. The van der Waals surface area contributed by atoms with Gasteiger partial charge < -0.3 is 19.4 Å². The number of benzene rings is 1. The first-order valence-corrected chi connectivity index (χ1v) is 8.38. The zero-order chi connectivity index (χ0) is 16.2. The van der Waals surface area contributed by atoms with Gasteiger partial charge in [0.1, 0.15) is 25.4 Å². The number of morpholine rings is 1. The Morgan fingerprint density at radius 2 is 2.09 bits per heavy atom. The number of quaternary nitrogens is 1. The van der Waals surface area contributed by atoms with E-state index in [2.05, 4.69) is 11.9 Å². The molecule has 0 spiro atoms. The van der Waals surface area contributed by atoms with Crippen LogP contribution in [0.4, 0.5) is 0 Å². The number of fused-ring (bicyclic) bond motifs is 1. The van der Waals surface area contributed by atoms with Gasteiger partial charge in [-0.3, -0.25) is 4.79 Å². The first-order chi connectivity index (χ1) is 11.2. The summed E-state index contributed by atoms with van der Waals surface area (Å²) in [7, 11) is 0. The van der Waals surface area contributed by atoms with Crippen LogP contribution < -0.4 is 15.1 Å². The summed E-state index contributed by atoms with van der Waals surface area (Å²) in [4.78, 5) is 17.7. The Morgan fingerprint density at radius 3 is 2.83 bits per heavy atom. The number of nitrogens with one attached hydrogen (secondary N) is 2. The molecule has 1 aromatic heterocycles. The molecule has 23 heavy (non-hydrogen) atoms. The van der Waals surface area contributed by atoms with Crippen molar-refractivity contribution in [2.24, 2.45) is 0 Å². The molecule has 0 bridgehead atoms. The number of hydrogen-bond acceptors (Lipinski definition) is 3. The minimum absolute atomic E-state index is 0.122. The molecule has 2 heterocycles. The molecule has 0 radical (unpaired) electrons. The van der Waals surface area contributed by atoms with E-state index in [9.17, 15) is 4.79 Å². The lowest BCUT2D eigenvalue weighted by Gasteiger charge is -2.24. The molecule has 0 saturated carbocycles. The fourth-order valence-corrected chi connectivity index (χ4v) is 3.04. The fourth-order valence-electron chi connectivity index (χ4n) is 3.04. The van der Waals surface area contributed by atoms with E-state index < -0.39 is 0 Å². The van der Waals surface area contributed by atoms with Crippen molar-refractivity contribution in [1.82, 2.24) is 4.98 Å². The van der Waals surface area contributed by atoms with Crippen LogP contribution in [0.5, 0.6) is 5.75 Å². The predicted octanol–water partition coefficient (Wildman–Crippen LogP) is 1.04. The van der Waals surface area contributed by atoms with Gasteiger partial charge in [-0.1, -0.05) is 6.92 Å². The maximum absolute atomic E-state index is 12.9. The molecular weight excluding hydrogens is 292 g/mol. The standard InChI is InChI=1S/C18H24N2O3/c1-3-8-23-14-4-5-17-15(11-14)18(21)16(13(2)19-17)12-20-6-9-22-10-7-20/h4-5,11H,3,6-10,12H2,1-2H3,(H,19,21)/p+1. The van der Waals surface area contributed by atoms with Crippen LogP contribution in [0.1, 0.15) is 24.6 Å². The molecular formula is C18H25N2O3+. The van der Waals surface area contributed by atoms with Gasteiger partial charge in [-0.2, -0.15) is 0 Å². The van der Waals surface area contributed by atoms with Gasteiger partial charge >= 0.3 is 0 Å².